The standard InChI is InChI=1S/C17H14N2O.C9H8N2O.C2H6/c20-15-11-18-16(12-5-2-1-3-6-12)14-8-4-7-13-9-10-19(15)17(13)14;10-9(12)8-5-6-3-1-2-4-7(6)11-8;1-2/h1-8H,9-11H2;1-5,11H,(H2,10,12);1-2H3. The van der Waals surface area contributed by atoms with Gasteiger partial charge in [-0.05, 0) is 24.1 Å². The lowest BCUT2D eigenvalue weighted by atomic mass is 9.98. The number of amides is 2. The van der Waals surface area contributed by atoms with E-state index in [1.54, 1.807) is 6.07 Å². The normalized spacial score (nSPS) is 13.6. The number of hydrogen-bond donors (Lipinski definition) is 2. The molecule has 6 rings (SSSR count). The highest BCUT2D eigenvalue weighted by Gasteiger charge is 2.30. The SMILES string of the molecule is CC.NC(=O)c1cc2ccccc2[nH]1.O=C1CN=C(c2ccccc2)c2cccc3c2N1CC3. The van der Waals surface area contributed by atoms with Crippen LogP contribution in [-0.4, -0.2) is 35.6 Å². The fraction of sp³-hybridized carbons (Fsp3) is 0.179. The van der Waals surface area contributed by atoms with E-state index in [0.717, 1.165) is 46.4 Å². The van der Waals surface area contributed by atoms with Gasteiger partial charge in [0.05, 0.1) is 11.4 Å². The molecule has 6 nitrogen and oxygen atoms in total. The Morgan fingerprint density at radius 2 is 1.71 bits per heavy atom. The van der Waals surface area contributed by atoms with E-state index >= 15 is 0 Å². The lowest BCUT2D eigenvalue weighted by Crippen LogP contribution is -2.30. The molecule has 0 saturated heterocycles. The summed E-state index contributed by atoms with van der Waals surface area (Å²) in [6, 6.07) is 25.8. The highest BCUT2D eigenvalue weighted by atomic mass is 16.2. The van der Waals surface area contributed by atoms with Crippen molar-refractivity contribution in [2.75, 3.05) is 18.0 Å². The van der Waals surface area contributed by atoms with Gasteiger partial charge in [-0.2, -0.15) is 0 Å². The number of anilines is 1. The summed E-state index contributed by atoms with van der Waals surface area (Å²) < 4.78 is 0. The molecule has 0 fully saturated rings. The van der Waals surface area contributed by atoms with E-state index < -0.39 is 5.91 Å². The summed E-state index contributed by atoms with van der Waals surface area (Å²) in [5.74, 6) is -0.326. The van der Waals surface area contributed by atoms with E-state index in [1.807, 2.05) is 73.3 Å². The number of aromatic nitrogens is 1. The molecule has 1 aromatic heterocycles. The Balaban J connectivity index is 0.000000168. The zero-order valence-electron chi connectivity index (χ0n) is 19.4. The Hall–Kier alpha value is -4.19. The third kappa shape index (κ3) is 4.48. The number of carbonyl (C=O) groups is 2. The fourth-order valence-electron chi connectivity index (χ4n) is 4.26. The molecule has 3 heterocycles. The number of fused-ring (bicyclic) bond motifs is 1. The quantitative estimate of drug-likeness (QED) is 0.461. The summed E-state index contributed by atoms with van der Waals surface area (Å²) in [6.07, 6.45) is 0.941. The molecule has 2 aliphatic rings. The van der Waals surface area contributed by atoms with Crippen LogP contribution in [0, 0.1) is 0 Å². The number of benzene rings is 3. The van der Waals surface area contributed by atoms with Gasteiger partial charge >= 0.3 is 0 Å². The molecule has 2 aliphatic heterocycles. The molecule has 2 amide bonds. The predicted molar refractivity (Wildman–Crippen MR) is 138 cm³/mol. The Kier molecular flexibility index (Phi) is 6.87. The third-order valence-electron chi connectivity index (χ3n) is 5.77. The van der Waals surface area contributed by atoms with Crippen LogP contribution in [0.1, 0.15) is 41.0 Å². The minimum absolute atomic E-state index is 0.0992. The van der Waals surface area contributed by atoms with E-state index in [2.05, 4.69) is 28.2 Å². The number of aliphatic imine (C=N–C) groups is 1. The monoisotopic (exact) mass is 452 g/mol. The van der Waals surface area contributed by atoms with Crippen molar-refractivity contribution in [3.05, 3.63) is 101 Å². The largest absolute Gasteiger partial charge is 0.364 e. The summed E-state index contributed by atoms with van der Waals surface area (Å²) in [7, 11) is 0. The summed E-state index contributed by atoms with van der Waals surface area (Å²) in [6.45, 7) is 5.01. The molecule has 34 heavy (non-hydrogen) atoms. The average Bonchev–Trinajstić information content (AvgIpc) is 3.48. The zero-order valence-corrected chi connectivity index (χ0v) is 19.4. The van der Waals surface area contributed by atoms with Crippen molar-refractivity contribution in [2.24, 2.45) is 10.7 Å². The van der Waals surface area contributed by atoms with E-state index in [0.29, 0.717) is 5.69 Å². The predicted octanol–water partition coefficient (Wildman–Crippen LogP) is 4.72. The van der Waals surface area contributed by atoms with Crippen LogP contribution in [0.3, 0.4) is 0 Å². The smallest absolute Gasteiger partial charge is 0.265 e. The lowest BCUT2D eigenvalue weighted by Gasteiger charge is -2.17. The maximum absolute atomic E-state index is 12.2. The van der Waals surface area contributed by atoms with E-state index in [1.165, 1.54) is 5.56 Å². The molecule has 0 radical (unpaired) electrons. The summed E-state index contributed by atoms with van der Waals surface area (Å²) in [4.78, 5) is 32.4. The third-order valence-corrected chi connectivity index (χ3v) is 5.77. The van der Waals surface area contributed by atoms with Gasteiger partial charge in [-0.25, -0.2) is 0 Å². The second-order valence-corrected chi connectivity index (χ2v) is 7.77. The molecule has 0 atom stereocenters. The minimum Gasteiger partial charge on any atom is -0.364 e. The first-order chi connectivity index (χ1) is 16.6. The number of para-hydroxylation sites is 2. The molecule has 4 aromatic rings. The number of nitrogens with one attached hydrogen (secondary N) is 1. The van der Waals surface area contributed by atoms with Crippen LogP contribution in [0.5, 0.6) is 0 Å². The number of H-pyrrole nitrogens is 1. The van der Waals surface area contributed by atoms with Gasteiger partial charge in [0.25, 0.3) is 5.91 Å². The lowest BCUT2D eigenvalue weighted by molar-refractivity contribution is -0.117. The highest BCUT2D eigenvalue weighted by molar-refractivity contribution is 6.20. The van der Waals surface area contributed by atoms with Gasteiger partial charge in [-0.15, -0.1) is 0 Å². The molecule has 0 aliphatic carbocycles. The maximum atomic E-state index is 12.2. The Labute approximate surface area is 199 Å². The van der Waals surface area contributed by atoms with Crippen molar-refractivity contribution < 1.29 is 9.59 Å². The summed E-state index contributed by atoms with van der Waals surface area (Å²) in [5.41, 5.74) is 11.9. The molecule has 6 heteroatoms. The van der Waals surface area contributed by atoms with Crippen LogP contribution in [-0.2, 0) is 11.2 Å². The second-order valence-electron chi connectivity index (χ2n) is 7.77. The van der Waals surface area contributed by atoms with Crippen LogP contribution in [0.25, 0.3) is 10.9 Å². The van der Waals surface area contributed by atoms with Gasteiger partial charge in [-0.3, -0.25) is 14.6 Å². The number of aromatic amines is 1. The maximum Gasteiger partial charge on any atom is 0.265 e. The van der Waals surface area contributed by atoms with Gasteiger partial charge < -0.3 is 15.6 Å². The van der Waals surface area contributed by atoms with Crippen molar-refractivity contribution in [1.82, 2.24) is 4.98 Å². The molecule has 0 spiro atoms. The Bertz CT molecular complexity index is 1320. The van der Waals surface area contributed by atoms with Crippen molar-refractivity contribution in [2.45, 2.75) is 20.3 Å². The molecule has 0 saturated carbocycles. The average molecular weight is 453 g/mol. The first-order valence-corrected chi connectivity index (χ1v) is 11.5. The molecule has 0 bridgehead atoms. The highest BCUT2D eigenvalue weighted by Crippen LogP contribution is 2.35. The number of primary amides is 1. The molecule has 172 valence electrons. The van der Waals surface area contributed by atoms with Gasteiger partial charge in [0.1, 0.15) is 12.2 Å². The topological polar surface area (TPSA) is 91.5 Å². The molecule has 3 aromatic carbocycles. The molecule has 0 unspecified atom stereocenters. The molecular formula is C28H28N4O2. The Morgan fingerprint density at radius 3 is 2.44 bits per heavy atom. The number of rotatable bonds is 2. The van der Waals surface area contributed by atoms with Crippen LogP contribution in [0.15, 0.2) is 83.9 Å². The van der Waals surface area contributed by atoms with E-state index in [9.17, 15) is 9.59 Å². The number of nitrogens with zero attached hydrogens (tertiary/aromatic N) is 2. The second kappa shape index (κ2) is 10.2. The zero-order chi connectivity index (χ0) is 24.1. The molecular weight excluding hydrogens is 424 g/mol. The van der Waals surface area contributed by atoms with E-state index in [-0.39, 0.29) is 12.5 Å². The van der Waals surface area contributed by atoms with Gasteiger partial charge in [0, 0.05) is 28.6 Å². The van der Waals surface area contributed by atoms with Crippen molar-refractivity contribution >= 4 is 34.1 Å². The van der Waals surface area contributed by atoms with Crippen molar-refractivity contribution in [3.8, 4) is 0 Å². The summed E-state index contributed by atoms with van der Waals surface area (Å²) in [5, 5.41) is 1.01. The first-order valence-electron chi connectivity index (χ1n) is 11.5. The van der Waals surface area contributed by atoms with Crippen LogP contribution in [0.4, 0.5) is 5.69 Å². The van der Waals surface area contributed by atoms with Crippen molar-refractivity contribution in [3.63, 3.8) is 0 Å². The number of carbonyl (C=O) groups excluding carboxylic acids is 2. The molecule has 3 N–H and O–H groups in total. The van der Waals surface area contributed by atoms with Gasteiger partial charge in [0.15, 0.2) is 0 Å². The van der Waals surface area contributed by atoms with Gasteiger partial charge in [0.2, 0.25) is 5.91 Å². The number of nitrogens with two attached hydrogens (primary N) is 1. The fourth-order valence-corrected chi connectivity index (χ4v) is 4.26. The minimum atomic E-state index is -0.425. The van der Waals surface area contributed by atoms with Crippen LogP contribution < -0.4 is 10.6 Å². The number of hydrogen-bond acceptors (Lipinski definition) is 3. The summed E-state index contributed by atoms with van der Waals surface area (Å²) >= 11 is 0. The van der Waals surface area contributed by atoms with E-state index in [4.69, 9.17) is 5.73 Å². The van der Waals surface area contributed by atoms with Crippen LogP contribution in [0.2, 0.25) is 0 Å². The van der Waals surface area contributed by atoms with Crippen molar-refractivity contribution in [1.29, 1.82) is 0 Å². The Morgan fingerprint density at radius 1 is 0.971 bits per heavy atom. The van der Waals surface area contributed by atoms with Gasteiger partial charge in [-0.1, -0.05) is 80.6 Å². The van der Waals surface area contributed by atoms with Crippen LogP contribution >= 0.6 is 0 Å². The first kappa shape index (κ1) is 23.0.